The first-order valence-electron chi connectivity index (χ1n) is 5.68. The second-order valence-electron chi connectivity index (χ2n) is 4.04. The zero-order chi connectivity index (χ0) is 12.1. The number of aryl methyl sites for hydroxylation is 1. The molecule has 90 valence electrons. The van der Waals surface area contributed by atoms with Crippen LogP contribution < -0.4 is 5.32 Å². The van der Waals surface area contributed by atoms with Gasteiger partial charge in [-0.05, 0) is 23.8 Å². The number of hydrogen-bond acceptors (Lipinski definition) is 2. The van der Waals surface area contributed by atoms with E-state index in [1.165, 1.54) is 6.07 Å². The summed E-state index contributed by atoms with van der Waals surface area (Å²) in [5, 5.41) is 7.56. The van der Waals surface area contributed by atoms with Crippen molar-refractivity contribution < 1.29 is 4.39 Å². The van der Waals surface area contributed by atoms with Crippen LogP contribution in [-0.2, 0) is 20.0 Å². The van der Waals surface area contributed by atoms with Crippen LogP contribution in [0.1, 0.15) is 11.3 Å². The molecule has 2 rings (SSSR count). The number of aromatic nitrogens is 2. The van der Waals surface area contributed by atoms with Crippen LogP contribution in [-0.4, -0.2) is 16.3 Å². The smallest absolute Gasteiger partial charge is 0.123 e. The van der Waals surface area contributed by atoms with Crippen molar-refractivity contribution in [2.75, 3.05) is 6.54 Å². The van der Waals surface area contributed by atoms with E-state index in [-0.39, 0.29) is 5.82 Å². The highest BCUT2D eigenvalue weighted by Crippen LogP contribution is 2.02. The third-order valence-corrected chi connectivity index (χ3v) is 2.54. The maximum atomic E-state index is 12.9. The fourth-order valence-electron chi connectivity index (χ4n) is 1.69. The van der Waals surface area contributed by atoms with Gasteiger partial charge in [0.05, 0.1) is 5.69 Å². The second-order valence-corrected chi connectivity index (χ2v) is 4.04. The van der Waals surface area contributed by atoms with Crippen LogP contribution in [0.5, 0.6) is 0 Å². The largest absolute Gasteiger partial charge is 0.312 e. The van der Waals surface area contributed by atoms with Gasteiger partial charge >= 0.3 is 0 Å². The Morgan fingerprint density at radius 3 is 2.94 bits per heavy atom. The van der Waals surface area contributed by atoms with Gasteiger partial charge in [0.1, 0.15) is 5.82 Å². The van der Waals surface area contributed by atoms with Gasteiger partial charge in [0.15, 0.2) is 0 Å². The number of rotatable bonds is 5. The van der Waals surface area contributed by atoms with Crippen molar-refractivity contribution in [2.45, 2.75) is 13.0 Å². The molecule has 2 aromatic rings. The van der Waals surface area contributed by atoms with Crippen molar-refractivity contribution in [3.63, 3.8) is 0 Å². The van der Waals surface area contributed by atoms with Crippen molar-refractivity contribution in [3.8, 4) is 0 Å². The fraction of sp³-hybridized carbons (Fsp3) is 0.308. The maximum Gasteiger partial charge on any atom is 0.123 e. The van der Waals surface area contributed by atoms with E-state index in [1.807, 2.05) is 25.4 Å². The van der Waals surface area contributed by atoms with Crippen molar-refractivity contribution in [3.05, 3.63) is 53.6 Å². The third-order valence-electron chi connectivity index (χ3n) is 2.54. The molecule has 1 aromatic carbocycles. The molecule has 0 spiro atoms. The molecule has 0 aliphatic carbocycles. The van der Waals surface area contributed by atoms with Crippen molar-refractivity contribution >= 4 is 0 Å². The number of hydrogen-bond donors (Lipinski definition) is 1. The Kier molecular flexibility index (Phi) is 3.88. The lowest BCUT2D eigenvalue weighted by atomic mass is 10.2. The Hall–Kier alpha value is -1.68. The minimum Gasteiger partial charge on any atom is -0.312 e. The van der Waals surface area contributed by atoms with Gasteiger partial charge in [0.25, 0.3) is 0 Å². The van der Waals surface area contributed by atoms with Crippen LogP contribution in [0, 0.1) is 5.82 Å². The molecule has 1 aromatic heterocycles. The minimum atomic E-state index is -0.186. The van der Waals surface area contributed by atoms with E-state index < -0.39 is 0 Å². The minimum absolute atomic E-state index is 0.186. The van der Waals surface area contributed by atoms with Gasteiger partial charge in [-0.15, -0.1) is 0 Å². The van der Waals surface area contributed by atoms with Crippen LogP contribution in [0.3, 0.4) is 0 Å². The zero-order valence-corrected chi connectivity index (χ0v) is 9.86. The first-order valence-corrected chi connectivity index (χ1v) is 5.68. The standard InChI is InChI=1S/C13H16FN3/c1-17-8-6-13(16-17)5-7-15-10-11-3-2-4-12(14)9-11/h2-4,6,8-9,15H,5,7,10H2,1H3. The summed E-state index contributed by atoms with van der Waals surface area (Å²) in [7, 11) is 1.91. The predicted molar refractivity (Wildman–Crippen MR) is 65.0 cm³/mol. The number of halogens is 1. The van der Waals surface area contributed by atoms with Crippen LogP contribution in [0.25, 0.3) is 0 Å². The summed E-state index contributed by atoms with van der Waals surface area (Å²) in [4.78, 5) is 0. The predicted octanol–water partition coefficient (Wildman–Crippen LogP) is 1.89. The summed E-state index contributed by atoms with van der Waals surface area (Å²) in [5.74, 6) is -0.186. The topological polar surface area (TPSA) is 29.9 Å². The van der Waals surface area contributed by atoms with E-state index in [9.17, 15) is 4.39 Å². The lowest BCUT2D eigenvalue weighted by Gasteiger charge is -2.03. The first-order chi connectivity index (χ1) is 8.24. The molecule has 0 bridgehead atoms. The second kappa shape index (κ2) is 5.59. The lowest BCUT2D eigenvalue weighted by Crippen LogP contribution is -2.17. The molecule has 0 unspecified atom stereocenters. The summed E-state index contributed by atoms with van der Waals surface area (Å²) < 4.78 is 14.7. The third kappa shape index (κ3) is 3.67. The summed E-state index contributed by atoms with van der Waals surface area (Å²) in [5.41, 5.74) is 2.03. The van der Waals surface area contributed by atoms with Crippen molar-refractivity contribution in [2.24, 2.45) is 7.05 Å². The molecule has 17 heavy (non-hydrogen) atoms. The van der Waals surface area contributed by atoms with E-state index in [0.29, 0.717) is 6.54 Å². The zero-order valence-electron chi connectivity index (χ0n) is 9.86. The highest BCUT2D eigenvalue weighted by Gasteiger charge is 1.97. The van der Waals surface area contributed by atoms with Gasteiger partial charge in [-0.25, -0.2) is 4.39 Å². The molecule has 0 radical (unpaired) electrons. The fourth-order valence-corrected chi connectivity index (χ4v) is 1.69. The lowest BCUT2D eigenvalue weighted by molar-refractivity contribution is 0.619. The Bertz CT molecular complexity index is 479. The van der Waals surface area contributed by atoms with E-state index >= 15 is 0 Å². The normalized spacial score (nSPS) is 10.7. The highest BCUT2D eigenvalue weighted by molar-refractivity contribution is 5.15. The molecule has 4 heteroatoms. The van der Waals surface area contributed by atoms with Crippen molar-refractivity contribution in [1.29, 1.82) is 0 Å². The van der Waals surface area contributed by atoms with E-state index in [1.54, 1.807) is 16.8 Å². The Balaban J connectivity index is 1.73. The van der Waals surface area contributed by atoms with E-state index in [4.69, 9.17) is 0 Å². The molecule has 1 heterocycles. The molecule has 0 saturated heterocycles. The van der Waals surface area contributed by atoms with Gasteiger partial charge in [-0.3, -0.25) is 4.68 Å². The highest BCUT2D eigenvalue weighted by atomic mass is 19.1. The maximum absolute atomic E-state index is 12.9. The van der Waals surface area contributed by atoms with Gasteiger partial charge in [-0.2, -0.15) is 5.10 Å². The summed E-state index contributed by atoms with van der Waals surface area (Å²) in [6.45, 7) is 1.53. The number of benzene rings is 1. The van der Waals surface area contributed by atoms with Crippen LogP contribution in [0.15, 0.2) is 36.5 Å². The average molecular weight is 233 g/mol. The molecule has 0 amide bonds. The van der Waals surface area contributed by atoms with Crippen molar-refractivity contribution in [1.82, 2.24) is 15.1 Å². The van der Waals surface area contributed by atoms with E-state index in [0.717, 1.165) is 24.2 Å². The average Bonchev–Trinajstić information content (AvgIpc) is 2.71. The molecule has 1 N–H and O–H groups in total. The Morgan fingerprint density at radius 2 is 2.24 bits per heavy atom. The molecular formula is C13H16FN3. The molecule has 0 aliphatic heterocycles. The molecular weight excluding hydrogens is 217 g/mol. The molecule has 0 atom stereocenters. The van der Waals surface area contributed by atoms with Gasteiger partial charge in [0, 0.05) is 32.8 Å². The van der Waals surface area contributed by atoms with E-state index in [2.05, 4.69) is 10.4 Å². The Labute approximate surface area is 100 Å². The molecule has 0 fully saturated rings. The molecule has 0 saturated carbocycles. The molecule has 0 aliphatic rings. The summed E-state index contributed by atoms with van der Waals surface area (Å²) in [6, 6.07) is 8.65. The van der Waals surface area contributed by atoms with Gasteiger partial charge in [0.2, 0.25) is 0 Å². The molecule has 3 nitrogen and oxygen atoms in total. The van der Waals surface area contributed by atoms with Gasteiger partial charge < -0.3 is 5.32 Å². The number of nitrogens with zero attached hydrogens (tertiary/aromatic N) is 2. The monoisotopic (exact) mass is 233 g/mol. The number of nitrogens with one attached hydrogen (secondary N) is 1. The van der Waals surface area contributed by atoms with Crippen LogP contribution >= 0.6 is 0 Å². The summed E-state index contributed by atoms with van der Waals surface area (Å²) in [6.07, 6.45) is 2.82. The Morgan fingerprint density at radius 1 is 1.35 bits per heavy atom. The van der Waals surface area contributed by atoms with Gasteiger partial charge in [-0.1, -0.05) is 12.1 Å². The quantitative estimate of drug-likeness (QED) is 0.799. The van der Waals surface area contributed by atoms with Crippen LogP contribution in [0.4, 0.5) is 4.39 Å². The first kappa shape index (κ1) is 11.8. The summed E-state index contributed by atoms with van der Waals surface area (Å²) >= 11 is 0. The van der Waals surface area contributed by atoms with Crippen LogP contribution in [0.2, 0.25) is 0 Å². The SMILES string of the molecule is Cn1ccc(CCNCc2cccc(F)c2)n1.